The summed E-state index contributed by atoms with van der Waals surface area (Å²) in [6, 6.07) is 33.9. The van der Waals surface area contributed by atoms with E-state index in [-0.39, 0.29) is 56.8 Å². The van der Waals surface area contributed by atoms with Crippen molar-refractivity contribution in [3.8, 4) is 68.2 Å². The van der Waals surface area contributed by atoms with E-state index in [1.807, 2.05) is 0 Å². The molecular formula is C38H26O9. The molecule has 0 spiro atoms. The third kappa shape index (κ3) is 6.54. The van der Waals surface area contributed by atoms with Crippen molar-refractivity contribution in [3.05, 3.63) is 145 Å². The third-order valence-corrected chi connectivity index (χ3v) is 7.14. The molecule has 6 rings (SSSR count). The van der Waals surface area contributed by atoms with Crippen LogP contribution in [-0.4, -0.2) is 32.4 Å². The normalized spacial score (nSPS) is 10.6. The van der Waals surface area contributed by atoms with Crippen LogP contribution in [0.4, 0.5) is 0 Å². The van der Waals surface area contributed by atoms with Crippen LogP contribution in [0.3, 0.4) is 0 Å². The molecular weight excluding hydrogens is 600 g/mol. The van der Waals surface area contributed by atoms with Gasteiger partial charge >= 0.3 is 11.9 Å². The zero-order valence-corrected chi connectivity index (χ0v) is 24.5. The number of hydrogen-bond acceptors (Lipinski definition) is 9. The minimum atomic E-state index is -0.876. The summed E-state index contributed by atoms with van der Waals surface area (Å²) < 4.78 is 17.6. The van der Waals surface area contributed by atoms with Gasteiger partial charge < -0.3 is 34.6 Å². The molecule has 0 saturated heterocycles. The highest BCUT2D eigenvalue weighted by atomic mass is 16.5. The Kier molecular flexibility index (Phi) is 8.44. The first-order chi connectivity index (χ1) is 22.8. The first kappa shape index (κ1) is 30.3. The van der Waals surface area contributed by atoms with E-state index in [0.717, 1.165) is 0 Å². The van der Waals surface area contributed by atoms with Crippen molar-refractivity contribution in [2.75, 3.05) is 0 Å². The van der Waals surface area contributed by atoms with E-state index in [9.17, 15) is 30.0 Å². The van der Waals surface area contributed by atoms with Crippen LogP contribution in [0.5, 0.6) is 46.0 Å². The van der Waals surface area contributed by atoms with E-state index in [1.165, 1.54) is 72.8 Å². The number of aromatic hydroxyl groups is 4. The molecule has 0 radical (unpaired) electrons. The average Bonchev–Trinajstić information content (AvgIpc) is 3.07. The summed E-state index contributed by atoms with van der Waals surface area (Å²) in [5.41, 5.74) is 0.606. The van der Waals surface area contributed by atoms with Crippen molar-refractivity contribution >= 4 is 11.9 Å². The number of carbonyl (C=O) groups is 2. The molecule has 0 bridgehead atoms. The molecule has 47 heavy (non-hydrogen) atoms. The zero-order valence-electron chi connectivity index (χ0n) is 24.5. The number of carbonyl (C=O) groups excluding carboxylic acids is 2. The van der Waals surface area contributed by atoms with Crippen molar-refractivity contribution in [1.82, 2.24) is 0 Å². The second-order valence-electron chi connectivity index (χ2n) is 10.3. The summed E-state index contributed by atoms with van der Waals surface area (Å²) in [7, 11) is 0. The monoisotopic (exact) mass is 626 g/mol. The molecule has 0 unspecified atom stereocenters. The van der Waals surface area contributed by atoms with Crippen molar-refractivity contribution in [1.29, 1.82) is 0 Å². The average molecular weight is 627 g/mol. The van der Waals surface area contributed by atoms with Gasteiger partial charge in [-0.3, -0.25) is 0 Å². The van der Waals surface area contributed by atoms with Crippen LogP contribution >= 0.6 is 0 Å². The van der Waals surface area contributed by atoms with Gasteiger partial charge in [-0.1, -0.05) is 60.7 Å². The quantitative estimate of drug-likeness (QED) is 0.0974. The van der Waals surface area contributed by atoms with Gasteiger partial charge in [0.1, 0.15) is 57.1 Å². The molecule has 4 N–H and O–H groups in total. The molecule has 0 amide bonds. The summed E-state index contributed by atoms with van der Waals surface area (Å²) >= 11 is 0. The number of para-hydroxylation sites is 2. The number of hydrogen-bond donors (Lipinski definition) is 4. The van der Waals surface area contributed by atoms with Gasteiger partial charge in [-0.25, -0.2) is 9.59 Å². The van der Waals surface area contributed by atoms with Crippen LogP contribution in [0.2, 0.25) is 0 Å². The van der Waals surface area contributed by atoms with Crippen LogP contribution in [0.15, 0.2) is 133 Å². The summed E-state index contributed by atoms with van der Waals surface area (Å²) in [6.45, 7) is 0. The summed E-state index contributed by atoms with van der Waals surface area (Å²) in [5, 5.41) is 41.9. The topological polar surface area (TPSA) is 143 Å². The van der Waals surface area contributed by atoms with Crippen LogP contribution in [0, 0.1) is 0 Å². The smallest absolute Gasteiger partial charge is 0.348 e. The minimum Gasteiger partial charge on any atom is -0.508 e. The molecule has 6 aromatic rings. The van der Waals surface area contributed by atoms with E-state index in [2.05, 4.69) is 0 Å². The lowest BCUT2D eigenvalue weighted by atomic mass is 9.96. The Balaban J connectivity index is 1.52. The lowest BCUT2D eigenvalue weighted by Gasteiger charge is -2.20. The Labute approximate surface area is 268 Å². The molecule has 9 nitrogen and oxygen atoms in total. The van der Waals surface area contributed by atoms with Gasteiger partial charge in [0.25, 0.3) is 0 Å². The van der Waals surface area contributed by atoms with E-state index < -0.39 is 23.4 Å². The molecule has 0 heterocycles. The predicted molar refractivity (Wildman–Crippen MR) is 173 cm³/mol. The molecule has 0 atom stereocenters. The van der Waals surface area contributed by atoms with Gasteiger partial charge in [0, 0.05) is 11.1 Å². The molecule has 0 aliphatic heterocycles. The highest BCUT2D eigenvalue weighted by Gasteiger charge is 2.28. The first-order valence-electron chi connectivity index (χ1n) is 14.3. The summed E-state index contributed by atoms with van der Waals surface area (Å²) in [6.07, 6.45) is 0. The molecule has 232 valence electrons. The molecule has 0 aromatic heterocycles. The summed E-state index contributed by atoms with van der Waals surface area (Å²) in [4.78, 5) is 27.2. The number of rotatable bonds is 8. The number of phenols is 4. The number of phenolic OH excluding ortho intramolecular Hbond substituents is 4. The van der Waals surface area contributed by atoms with E-state index in [0.29, 0.717) is 11.1 Å². The fourth-order valence-corrected chi connectivity index (χ4v) is 4.97. The van der Waals surface area contributed by atoms with Gasteiger partial charge in [0.2, 0.25) is 0 Å². The van der Waals surface area contributed by atoms with Crippen LogP contribution in [0.1, 0.15) is 20.7 Å². The Hall–Kier alpha value is -6.74. The highest BCUT2D eigenvalue weighted by molar-refractivity contribution is 6.04. The largest absolute Gasteiger partial charge is 0.508 e. The Morgan fingerprint density at radius 2 is 0.787 bits per heavy atom. The fourth-order valence-electron chi connectivity index (χ4n) is 4.97. The maximum Gasteiger partial charge on any atom is 0.348 e. The van der Waals surface area contributed by atoms with Crippen molar-refractivity contribution in [2.45, 2.75) is 0 Å². The minimum absolute atomic E-state index is 0.0282. The first-order valence-corrected chi connectivity index (χ1v) is 14.3. The van der Waals surface area contributed by atoms with Gasteiger partial charge in [-0.15, -0.1) is 0 Å². The maximum absolute atomic E-state index is 13.6. The number of esters is 2. The van der Waals surface area contributed by atoms with Crippen LogP contribution in [-0.2, 0) is 0 Å². The molecule has 6 aromatic carbocycles. The van der Waals surface area contributed by atoms with Crippen LogP contribution < -0.4 is 14.2 Å². The SMILES string of the molecule is O=C(Oc1ccccc1)c1c(O)ccc(Oc2ccc(O)c(C(=O)Oc3ccccc3)c2-c2ccc(O)cc2)c1-c1ccc(O)cc1. The van der Waals surface area contributed by atoms with Gasteiger partial charge in [0.05, 0.1) is 0 Å². The van der Waals surface area contributed by atoms with Crippen molar-refractivity contribution < 1.29 is 44.2 Å². The zero-order chi connectivity index (χ0) is 32.9. The van der Waals surface area contributed by atoms with E-state index in [4.69, 9.17) is 14.2 Å². The van der Waals surface area contributed by atoms with E-state index in [1.54, 1.807) is 60.7 Å². The van der Waals surface area contributed by atoms with Gasteiger partial charge in [0.15, 0.2) is 0 Å². The lowest BCUT2D eigenvalue weighted by Crippen LogP contribution is -2.12. The van der Waals surface area contributed by atoms with E-state index >= 15 is 0 Å². The molecule has 0 saturated carbocycles. The predicted octanol–water partition coefficient (Wildman–Crippen LogP) is 8.07. The van der Waals surface area contributed by atoms with Crippen LogP contribution in [0.25, 0.3) is 22.3 Å². The summed E-state index contributed by atoms with van der Waals surface area (Å²) in [5.74, 6) is -1.96. The second-order valence-corrected chi connectivity index (χ2v) is 10.3. The Morgan fingerprint density at radius 3 is 1.15 bits per heavy atom. The maximum atomic E-state index is 13.6. The Bertz CT molecular complexity index is 1910. The Morgan fingerprint density at radius 1 is 0.426 bits per heavy atom. The lowest BCUT2D eigenvalue weighted by molar-refractivity contribution is 0.0722. The number of ether oxygens (including phenoxy) is 3. The standard InChI is InChI=1S/C38H26O9/c39-25-15-11-23(12-16-25)33-31(21-19-29(41)35(33)37(43)45-27-7-3-1-4-8-27)47-32-22-20-30(42)36(34(32)24-13-17-26(40)18-14-24)38(44)46-28-9-5-2-6-10-28/h1-22,39-42H. The van der Waals surface area contributed by atoms with Crippen molar-refractivity contribution in [2.24, 2.45) is 0 Å². The molecule has 0 fully saturated rings. The highest BCUT2D eigenvalue weighted by Crippen LogP contribution is 2.46. The molecule has 0 aliphatic carbocycles. The number of benzene rings is 6. The fraction of sp³-hybridized carbons (Fsp3) is 0. The second kappa shape index (κ2) is 13.1. The van der Waals surface area contributed by atoms with Gasteiger partial charge in [-0.2, -0.15) is 0 Å². The molecule has 0 aliphatic rings. The van der Waals surface area contributed by atoms with Crippen molar-refractivity contribution in [3.63, 3.8) is 0 Å². The molecule has 9 heteroatoms. The van der Waals surface area contributed by atoms with Gasteiger partial charge in [-0.05, 0) is 83.9 Å². The third-order valence-electron chi connectivity index (χ3n) is 7.14.